The lowest BCUT2D eigenvalue weighted by atomic mass is 10.1. The van der Waals surface area contributed by atoms with E-state index in [0.29, 0.717) is 5.96 Å². The van der Waals surface area contributed by atoms with E-state index in [0.717, 1.165) is 30.3 Å². The molecule has 4 nitrogen and oxygen atoms in total. The number of ether oxygens (including phenoxy) is 1. The van der Waals surface area contributed by atoms with E-state index in [1.54, 1.807) is 7.11 Å². The monoisotopic (exact) mass is 391 g/mol. The maximum absolute atomic E-state index is 5.84. The van der Waals surface area contributed by atoms with Crippen LogP contribution in [0.3, 0.4) is 0 Å². The van der Waals surface area contributed by atoms with Crippen LogP contribution >= 0.6 is 24.0 Å². The van der Waals surface area contributed by atoms with Gasteiger partial charge < -0.3 is 15.8 Å². The Morgan fingerprint density at radius 1 is 1.35 bits per heavy atom. The number of nitrogens with zero attached hydrogens (tertiary/aromatic N) is 1. The first-order valence-corrected chi connectivity index (χ1v) is 6.83. The molecule has 114 valence electrons. The van der Waals surface area contributed by atoms with Gasteiger partial charge in [-0.05, 0) is 24.5 Å². The fraction of sp³-hybridized carbons (Fsp3) is 0.533. The van der Waals surface area contributed by atoms with Gasteiger partial charge in [-0.2, -0.15) is 0 Å². The van der Waals surface area contributed by atoms with Gasteiger partial charge in [-0.25, -0.2) is 0 Å². The summed E-state index contributed by atoms with van der Waals surface area (Å²) in [6.45, 7) is 5.25. The first-order chi connectivity index (χ1) is 9.11. The summed E-state index contributed by atoms with van der Waals surface area (Å²) in [5.74, 6) is 2.02. The van der Waals surface area contributed by atoms with E-state index < -0.39 is 0 Å². The summed E-state index contributed by atoms with van der Waals surface area (Å²) in [5.41, 5.74) is 6.73. The van der Waals surface area contributed by atoms with Crippen LogP contribution in [0.2, 0.25) is 0 Å². The van der Waals surface area contributed by atoms with Crippen LogP contribution in [0.4, 0.5) is 5.69 Å². The van der Waals surface area contributed by atoms with Gasteiger partial charge in [0.2, 0.25) is 0 Å². The molecule has 0 radical (unpaired) electrons. The van der Waals surface area contributed by atoms with Crippen molar-refractivity contribution < 1.29 is 4.74 Å². The molecule has 1 aromatic carbocycles. The molecule has 0 amide bonds. The molecule has 5 heteroatoms. The molecule has 20 heavy (non-hydrogen) atoms. The van der Waals surface area contributed by atoms with Gasteiger partial charge in [-0.3, -0.25) is 4.99 Å². The maximum Gasteiger partial charge on any atom is 0.193 e. The smallest absolute Gasteiger partial charge is 0.193 e. The van der Waals surface area contributed by atoms with Crippen molar-refractivity contribution in [2.75, 3.05) is 19.0 Å². The molecule has 0 saturated carbocycles. The van der Waals surface area contributed by atoms with E-state index in [1.165, 1.54) is 12.8 Å². The Kier molecular flexibility index (Phi) is 10.2. The van der Waals surface area contributed by atoms with Gasteiger partial charge in [0, 0.05) is 18.3 Å². The lowest BCUT2D eigenvalue weighted by Gasteiger charge is -2.07. The highest BCUT2D eigenvalue weighted by atomic mass is 127. The number of methoxy groups -OCH3 is 1. The average Bonchev–Trinajstić information content (AvgIpc) is 2.38. The first kappa shape index (κ1) is 19.0. The second kappa shape index (κ2) is 10.8. The number of hydrogen-bond donors (Lipinski definition) is 2. The molecule has 0 aliphatic rings. The van der Waals surface area contributed by atoms with Crippen LogP contribution in [0.1, 0.15) is 33.1 Å². The molecule has 3 N–H and O–H groups in total. The average molecular weight is 391 g/mol. The normalized spacial score (nSPS) is 11.1. The predicted molar refractivity (Wildman–Crippen MR) is 97.2 cm³/mol. The van der Waals surface area contributed by atoms with Gasteiger partial charge in [0.1, 0.15) is 5.75 Å². The number of nitrogens with one attached hydrogen (secondary N) is 1. The third-order valence-corrected chi connectivity index (χ3v) is 2.81. The predicted octanol–water partition coefficient (Wildman–Crippen LogP) is 3.87. The molecule has 0 aliphatic heterocycles. The Morgan fingerprint density at radius 2 is 2.10 bits per heavy atom. The summed E-state index contributed by atoms with van der Waals surface area (Å²) in [4.78, 5) is 4.31. The summed E-state index contributed by atoms with van der Waals surface area (Å²) >= 11 is 0. The van der Waals surface area contributed by atoms with Crippen LogP contribution in [-0.4, -0.2) is 19.6 Å². The third-order valence-electron chi connectivity index (χ3n) is 2.81. The zero-order valence-corrected chi connectivity index (χ0v) is 14.9. The Morgan fingerprint density at radius 3 is 2.75 bits per heavy atom. The molecule has 0 aromatic heterocycles. The van der Waals surface area contributed by atoms with Crippen molar-refractivity contribution >= 4 is 35.6 Å². The van der Waals surface area contributed by atoms with Crippen LogP contribution in [-0.2, 0) is 0 Å². The number of guanidine groups is 1. The van der Waals surface area contributed by atoms with Crippen molar-refractivity contribution in [3.63, 3.8) is 0 Å². The van der Waals surface area contributed by atoms with Crippen molar-refractivity contribution in [2.24, 2.45) is 16.6 Å². The Balaban J connectivity index is 0.00000361. The summed E-state index contributed by atoms with van der Waals surface area (Å²) in [6, 6.07) is 7.63. The lowest BCUT2D eigenvalue weighted by Crippen LogP contribution is -2.22. The molecule has 0 bridgehead atoms. The Bertz CT molecular complexity index is 408. The number of rotatable bonds is 7. The number of halogens is 1. The summed E-state index contributed by atoms with van der Waals surface area (Å²) in [7, 11) is 1.64. The van der Waals surface area contributed by atoms with Crippen molar-refractivity contribution in [3.8, 4) is 5.75 Å². The van der Waals surface area contributed by atoms with Crippen molar-refractivity contribution in [1.82, 2.24) is 0 Å². The first-order valence-electron chi connectivity index (χ1n) is 6.83. The van der Waals surface area contributed by atoms with Gasteiger partial charge in [-0.1, -0.05) is 32.8 Å². The number of unbranched alkanes of at least 4 members (excludes halogenated alkanes) is 1. The van der Waals surface area contributed by atoms with E-state index in [-0.39, 0.29) is 24.0 Å². The van der Waals surface area contributed by atoms with E-state index in [9.17, 15) is 0 Å². The SMILES string of the molecule is COc1cccc(NC(N)=NCCCCC(C)C)c1.I. The molecule has 0 unspecified atom stereocenters. The highest BCUT2D eigenvalue weighted by Gasteiger charge is 1.97. The number of aliphatic imine (C=N–C) groups is 1. The van der Waals surface area contributed by atoms with Gasteiger partial charge in [0.25, 0.3) is 0 Å². The minimum Gasteiger partial charge on any atom is -0.497 e. The van der Waals surface area contributed by atoms with Gasteiger partial charge in [0.15, 0.2) is 5.96 Å². The van der Waals surface area contributed by atoms with Crippen molar-refractivity contribution in [2.45, 2.75) is 33.1 Å². The van der Waals surface area contributed by atoms with Crippen LogP contribution in [0.15, 0.2) is 29.3 Å². The topological polar surface area (TPSA) is 59.6 Å². The highest BCUT2D eigenvalue weighted by Crippen LogP contribution is 2.16. The van der Waals surface area contributed by atoms with Gasteiger partial charge in [-0.15, -0.1) is 24.0 Å². The molecular formula is C15H26IN3O. The number of hydrogen-bond acceptors (Lipinski definition) is 2. The molecule has 0 saturated heterocycles. The third kappa shape index (κ3) is 8.24. The zero-order chi connectivity index (χ0) is 14.1. The second-order valence-electron chi connectivity index (χ2n) is 5.01. The summed E-state index contributed by atoms with van der Waals surface area (Å²) < 4.78 is 5.15. The fourth-order valence-corrected chi connectivity index (χ4v) is 1.75. The quantitative estimate of drug-likeness (QED) is 0.321. The Labute approximate surface area is 139 Å². The number of benzene rings is 1. The van der Waals surface area contributed by atoms with Crippen molar-refractivity contribution in [3.05, 3.63) is 24.3 Å². The lowest BCUT2D eigenvalue weighted by molar-refractivity contribution is 0.415. The molecule has 0 atom stereocenters. The summed E-state index contributed by atoms with van der Waals surface area (Å²) in [5, 5.41) is 3.06. The van der Waals surface area contributed by atoms with Gasteiger partial charge >= 0.3 is 0 Å². The highest BCUT2D eigenvalue weighted by molar-refractivity contribution is 14.0. The molecule has 0 heterocycles. The van der Waals surface area contributed by atoms with E-state index in [4.69, 9.17) is 10.5 Å². The summed E-state index contributed by atoms with van der Waals surface area (Å²) in [6.07, 6.45) is 3.53. The molecule has 0 fully saturated rings. The maximum atomic E-state index is 5.84. The van der Waals surface area contributed by atoms with Gasteiger partial charge in [0.05, 0.1) is 7.11 Å². The van der Waals surface area contributed by atoms with Crippen LogP contribution in [0, 0.1) is 5.92 Å². The van der Waals surface area contributed by atoms with E-state index in [2.05, 4.69) is 24.2 Å². The van der Waals surface area contributed by atoms with Crippen LogP contribution in [0.5, 0.6) is 5.75 Å². The number of nitrogens with two attached hydrogens (primary N) is 1. The largest absolute Gasteiger partial charge is 0.497 e. The molecule has 1 rings (SSSR count). The van der Waals surface area contributed by atoms with Crippen LogP contribution < -0.4 is 15.8 Å². The van der Waals surface area contributed by atoms with E-state index in [1.807, 2.05) is 24.3 Å². The minimum absolute atomic E-state index is 0. The standard InChI is InChI=1S/C15H25N3O.HI/c1-12(2)7-4-5-10-17-15(16)18-13-8-6-9-14(11-13)19-3;/h6,8-9,11-12H,4-5,7,10H2,1-3H3,(H3,16,17,18);1H. The second-order valence-corrected chi connectivity index (χ2v) is 5.01. The number of anilines is 1. The van der Waals surface area contributed by atoms with Crippen LogP contribution in [0.25, 0.3) is 0 Å². The molecule has 0 spiro atoms. The fourth-order valence-electron chi connectivity index (χ4n) is 1.75. The Hall–Kier alpha value is -0.980. The molecule has 0 aliphatic carbocycles. The minimum atomic E-state index is 0. The molecule has 1 aromatic rings. The zero-order valence-electron chi connectivity index (χ0n) is 12.6. The van der Waals surface area contributed by atoms with Crippen molar-refractivity contribution in [1.29, 1.82) is 0 Å². The molecular weight excluding hydrogens is 365 g/mol. The van der Waals surface area contributed by atoms with E-state index >= 15 is 0 Å².